The number of hydrogen-bond acceptors (Lipinski definition) is 11. The molecule has 5 rings (SSSR count). The van der Waals surface area contributed by atoms with Crippen molar-refractivity contribution in [1.82, 2.24) is 0 Å². The maximum Gasteiger partial charge on any atom is 0.346 e. The molecule has 0 radical (unpaired) electrons. The Morgan fingerprint density at radius 2 is 1.02 bits per heavy atom. The van der Waals surface area contributed by atoms with Crippen LogP contribution in [0.3, 0.4) is 0 Å². The van der Waals surface area contributed by atoms with Crippen molar-refractivity contribution >= 4 is 41.6 Å². The van der Waals surface area contributed by atoms with Gasteiger partial charge in [-0.05, 0) is 42.8 Å². The number of ketones is 1. The maximum atomic E-state index is 11.4. The van der Waals surface area contributed by atoms with Crippen molar-refractivity contribution in [3.05, 3.63) is 106 Å². The Morgan fingerprint density at radius 1 is 0.595 bits per heavy atom. The topological polar surface area (TPSA) is 156 Å². The van der Waals surface area contributed by atoms with Gasteiger partial charge in [-0.2, -0.15) is 0 Å². The average molecular weight is 575 g/mol. The molecule has 11 nitrogen and oxygen atoms in total. The quantitative estimate of drug-likeness (QED) is 0.175. The minimum atomic E-state index is -0.735. The molecule has 0 fully saturated rings. The van der Waals surface area contributed by atoms with Crippen LogP contribution in [0, 0.1) is 0 Å². The third-order valence-electron chi connectivity index (χ3n) is 5.98. The third kappa shape index (κ3) is 7.39. The molecule has 2 heterocycles. The van der Waals surface area contributed by atoms with Crippen LogP contribution in [-0.4, -0.2) is 55.8 Å². The van der Waals surface area contributed by atoms with Gasteiger partial charge in [-0.25, -0.2) is 28.8 Å². The summed E-state index contributed by atoms with van der Waals surface area (Å²) in [5.41, 5.74) is 1.81. The smallest absolute Gasteiger partial charge is 0.346 e. The number of Topliss-reactive ketones (excluding diaryl/α,β-unsaturated/α-hetero) is 1. The molecule has 0 aromatic heterocycles. The van der Waals surface area contributed by atoms with Gasteiger partial charge in [0.15, 0.2) is 5.78 Å². The Labute approximate surface area is 240 Å². The SMILES string of the molecule is CCCCC(=O)c1ccccc1.COC(=O)c1ccc2c(c1)C(=O)OC2=O.COC(=O)c1ccc2c(c1)C(=O)OC2=O. The molecular weight excluding hydrogens is 548 g/mol. The number of methoxy groups -OCH3 is 2. The predicted molar refractivity (Wildman–Crippen MR) is 145 cm³/mol. The van der Waals surface area contributed by atoms with Crippen LogP contribution in [0.1, 0.15) is 98.7 Å². The molecular formula is C31H26O11. The fraction of sp³-hybridized carbons (Fsp3) is 0.194. The van der Waals surface area contributed by atoms with Crippen molar-refractivity contribution in [2.45, 2.75) is 26.2 Å². The summed E-state index contributed by atoms with van der Waals surface area (Å²) in [4.78, 5) is 78.1. The minimum Gasteiger partial charge on any atom is -0.465 e. The van der Waals surface area contributed by atoms with Gasteiger partial charge in [0.25, 0.3) is 0 Å². The van der Waals surface area contributed by atoms with Gasteiger partial charge in [0.2, 0.25) is 0 Å². The highest BCUT2D eigenvalue weighted by Crippen LogP contribution is 2.22. The molecule has 216 valence electrons. The third-order valence-corrected chi connectivity index (χ3v) is 5.98. The van der Waals surface area contributed by atoms with Crippen molar-refractivity contribution in [1.29, 1.82) is 0 Å². The normalized spacial score (nSPS) is 12.4. The van der Waals surface area contributed by atoms with E-state index in [4.69, 9.17) is 0 Å². The minimum absolute atomic E-state index is 0.0999. The number of fused-ring (bicyclic) bond motifs is 2. The number of cyclic esters (lactones) is 4. The highest BCUT2D eigenvalue weighted by Gasteiger charge is 2.31. The molecule has 3 aromatic rings. The summed E-state index contributed by atoms with van der Waals surface area (Å²) in [7, 11) is 2.47. The van der Waals surface area contributed by atoms with E-state index in [-0.39, 0.29) is 39.2 Å². The molecule has 2 aliphatic heterocycles. The molecule has 0 N–H and O–H groups in total. The second kappa shape index (κ2) is 14.3. The first kappa shape index (κ1) is 31.1. The lowest BCUT2D eigenvalue weighted by atomic mass is 10.1. The predicted octanol–water partition coefficient (Wildman–Crippen LogP) is 4.63. The second-order valence-electron chi connectivity index (χ2n) is 8.75. The molecule has 2 aliphatic rings. The van der Waals surface area contributed by atoms with E-state index < -0.39 is 35.8 Å². The lowest BCUT2D eigenvalue weighted by Crippen LogP contribution is -2.03. The largest absolute Gasteiger partial charge is 0.465 e. The molecule has 0 unspecified atom stereocenters. The number of carbonyl (C=O) groups is 7. The van der Waals surface area contributed by atoms with Crippen LogP contribution in [0.4, 0.5) is 0 Å². The number of unbranched alkanes of at least 4 members (excludes halogenated alkanes) is 1. The summed E-state index contributed by atoms with van der Waals surface area (Å²) < 4.78 is 17.7. The molecule has 0 bridgehead atoms. The zero-order valence-corrected chi connectivity index (χ0v) is 23.0. The van der Waals surface area contributed by atoms with Crippen LogP contribution in [0.25, 0.3) is 0 Å². The van der Waals surface area contributed by atoms with E-state index in [1.807, 2.05) is 30.3 Å². The van der Waals surface area contributed by atoms with Crippen molar-refractivity contribution in [2.24, 2.45) is 0 Å². The van der Waals surface area contributed by atoms with Gasteiger partial charge in [0.1, 0.15) is 0 Å². The summed E-state index contributed by atoms with van der Waals surface area (Å²) in [6.45, 7) is 2.10. The van der Waals surface area contributed by atoms with Gasteiger partial charge in [0, 0.05) is 12.0 Å². The molecule has 42 heavy (non-hydrogen) atoms. The zero-order valence-electron chi connectivity index (χ0n) is 23.0. The second-order valence-corrected chi connectivity index (χ2v) is 8.75. The van der Waals surface area contributed by atoms with Crippen LogP contribution in [0.5, 0.6) is 0 Å². The molecule has 0 saturated heterocycles. The molecule has 11 heteroatoms. The Morgan fingerprint density at radius 3 is 1.43 bits per heavy atom. The van der Waals surface area contributed by atoms with Crippen LogP contribution in [0.15, 0.2) is 66.7 Å². The number of hydrogen-bond donors (Lipinski definition) is 0. The van der Waals surface area contributed by atoms with Crippen LogP contribution in [-0.2, 0) is 18.9 Å². The maximum absolute atomic E-state index is 11.4. The van der Waals surface area contributed by atoms with E-state index in [2.05, 4.69) is 25.9 Å². The van der Waals surface area contributed by atoms with E-state index >= 15 is 0 Å². The molecule has 0 aliphatic carbocycles. The molecule has 0 saturated carbocycles. The lowest BCUT2D eigenvalue weighted by molar-refractivity contribution is 0.0425. The summed E-state index contributed by atoms with van der Waals surface area (Å²) in [5.74, 6) is -3.72. The van der Waals surface area contributed by atoms with Gasteiger partial charge in [0.05, 0.1) is 47.6 Å². The number of esters is 6. The first-order chi connectivity index (χ1) is 20.1. The highest BCUT2D eigenvalue weighted by atomic mass is 16.6. The van der Waals surface area contributed by atoms with Gasteiger partial charge in [-0.1, -0.05) is 43.7 Å². The van der Waals surface area contributed by atoms with Gasteiger partial charge in [-0.15, -0.1) is 0 Å². The van der Waals surface area contributed by atoms with Crippen molar-refractivity contribution in [3.8, 4) is 0 Å². The van der Waals surface area contributed by atoms with Crippen LogP contribution < -0.4 is 0 Å². The van der Waals surface area contributed by atoms with E-state index in [0.717, 1.165) is 18.4 Å². The summed E-state index contributed by atoms with van der Waals surface area (Å²) >= 11 is 0. The van der Waals surface area contributed by atoms with E-state index in [1.54, 1.807) is 0 Å². The standard InChI is InChI=1S/C11H14O.2C10H6O5/c1-2-3-9-11(12)10-7-5-4-6-8-10;2*1-14-8(11)5-2-3-6-7(4-5)10(13)15-9(6)12/h4-8H,2-3,9H2,1H3;2*2-4H,1H3. The molecule has 0 amide bonds. The Balaban J connectivity index is 0.000000174. The van der Waals surface area contributed by atoms with Gasteiger partial charge < -0.3 is 18.9 Å². The molecule has 0 atom stereocenters. The van der Waals surface area contributed by atoms with Gasteiger partial charge in [-0.3, -0.25) is 4.79 Å². The number of ether oxygens (including phenoxy) is 4. The summed E-state index contributed by atoms with van der Waals surface area (Å²) in [6, 6.07) is 17.6. The number of benzene rings is 3. The van der Waals surface area contributed by atoms with Crippen LogP contribution >= 0.6 is 0 Å². The van der Waals surface area contributed by atoms with Crippen molar-refractivity contribution in [3.63, 3.8) is 0 Å². The van der Waals surface area contributed by atoms with Crippen molar-refractivity contribution < 1.29 is 52.5 Å². The Kier molecular flexibility index (Phi) is 10.6. The van der Waals surface area contributed by atoms with Crippen molar-refractivity contribution in [2.75, 3.05) is 14.2 Å². The average Bonchev–Trinajstić information content (AvgIpc) is 3.47. The van der Waals surface area contributed by atoms with E-state index in [9.17, 15) is 33.6 Å². The summed E-state index contributed by atoms with van der Waals surface area (Å²) in [6.07, 6.45) is 2.76. The van der Waals surface area contributed by atoms with E-state index in [0.29, 0.717) is 6.42 Å². The lowest BCUT2D eigenvalue weighted by Gasteiger charge is -1.99. The monoisotopic (exact) mass is 574 g/mol. The number of rotatable bonds is 6. The molecule has 0 spiro atoms. The fourth-order valence-corrected chi connectivity index (χ4v) is 3.77. The number of carbonyl (C=O) groups excluding carboxylic acids is 7. The first-order valence-electron chi connectivity index (χ1n) is 12.7. The first-order valence-corrected chi connectivity index (χ1v) is 12.7. The highest BCUT2D eigenvalue weighted by molar-refractivity contribution is 6.16. The van der Waals surface area contributed by atoms with E-state index in [1.165, 1.54) is 50.6 Å². The Hall–Kier alpha value is -5.45. The summed E-state index contributed by atoms with van der Waals surface area (Å²) in [5, 5.41) is 0. The fourth-order valence-electron chi connectivity index (χ4n) is 3.77. The van der Waals surface area contributed by atoms with Gasteiger partial charge >= 0.3 is 35.8 Å². The Bertz CT molecular complexity index is 1460. The van der Waals surface area contributed by atoms with Crippen LogP contribution in [0.2, 0.25) is 0 Å². The molecule has 3 aromatic carbocycles. The zero-order chi connectivity index (χ0) is 30.8.